The predicted octanol–water partition coefficient (Wildman–Crippen LogP) is 0.677. The third kappa shape index (κ3) is 2.15. The predicted molar refractivity (Wildman–Crippen MR) is 75.8 cm³/mol. The summed E-state index contributed by atoms with van der Waals surface area (Å²) in [5.74, 6) is -0.523. The van der Waals surface area contributed by atoms with Crippen molar-refractivity contribution in [2.24, 2.45) is 0 Å². The van der Waals surface area contributed by atoms with Gasteiger partial charge in [-0.25, -0.2) is 14.1 Å². The molecule has 3 rings (SSSR count). The summed E-state index contributed by atoms with van der Waals surface area (Å²) < 4.78 is 13.5. The topological polar surface area (TPSA) is 87.7 Å². The normalized spacial score (nSPS) is 11.1. The van der Waals surface area contributed by atoms with Crippen molar-refractivity contribution in [2.75, 3.05) is 13.7 Å². The van der Waals surface area contributed by atoms with E-state index in [1.165, 1.54) is 22.8 Å². The minimum Gasteiger partial charge on any atom is -0.467 e. The van der Waals surface area contributed by atoms with Gasteiger partial charge >= 0.3 is 12.0 Å². The van der Waals surface area contributed by atoms with E-state index in [-0.39, 0.29) is 19.2 Å². The number of methoxy groups -OCH3 is 1. The molecular formula is C12H12N4O4S. The van der Waals surface area contributed by atoms with E-state index >= 15 is 0 Å². The van der Waals surface area contributed by atoms with E-state index < -0.39 is 11.5 Å². The maximum absolute atomic E-state index is 12.4. The van der Waals surface area contributed by atoms with Gasteiger partial charge in [0.05, 0.1) is 23.9 Å². The van der Waals surface area contributed by atoms with Crippen molar-refractivity contribution < 1.29 is 14.3 Å². The number of ether oxygens (including phenoxy) is 2. The number of hydrogen-bond acceptors (Lipinski definition) is 7. The van der Waals surface area contributed by atoms with E-state index in [0.717, 1.165) is 9.38 Å². The number of thiazole rings is 1. The Kier molecular flexibility index (Phi) is 3.34. The van der Waals surface area contributed by atoms with Crippen molar-refractivity contribution in [3.63, 3.8) is 0 Å². The molecule has 8 nitrogen and oxygen atoms in total. The smallest absolute Gasteiger partial charge is 0.327 e. The zero-order valence-electron chi connectivity index (χ0n) is 11.4. The molecule has 0 bridgehead atoms. The molecule has 0 aliphatic carbocycles. The minimum atomic E-state index is -0.523. The number of carbonyl (C=O) groups excluding carboxylic acids is 1. The Balaban J connectivity index is 2.21. The van der Waals surface area contributed by atoms with Crippen LogP contribution in [-0.2, 0) is 16.1 Å². The van der Waals surface area contributed by atoms with Crippen LogP contribution in [0.1, 0.15) is 6.92 Å². The molecule has 0 aliphatic rings. The highest BCUT2D eigenvalue weighted by Crippen LogP contribution is 2.24. The lowest BCUT2D eigenvalue weighted by molar-refractivity contribution is -0.144. The lowest BCUT2D eigenvalue weighted by atomic mass is 10.5. The SMILES string of the molecule is CCOC(=O)Cn1nc(OC)n2c(cc3scnc32)c1=O. The van der Waals surface area contributed by atoms with Gasteiger partial charge in [-0.2, -0.15) is 0 Å². The van der Waals surface area contributed by atoms with E-state index in [1.54, 1.807) is 18.5 Å². The van der Waals surface area contributed by atoms with Gasteiger partial charge in [-0.3, -0.25) is 9.59 Å². The molecule has 0 fully saturated rings. The Morgan fingerprint density at radius 1 is 1.48 bits per heavy atom. The number of fused-ring (bicyclic) bond motifs is 3. The second kappa shape index (κ2) is 5.17. The summed E-state index contributed by atoms with van der Waals surface area (Å²) in [7, 11) is 1.44. The van der Waals surface area contributed by atoms with Gasteiger partial charge in [0.1, 0.15) is 12.1 Å². The molecule has 0 saturated heterocycles. The van der Waals surface area contributed by atoms with Crippen molar-refractivity contribution in [3.8, 4) is 6.01 Å². The Bertz CT molecular complexity index is 879. The van der Waals surface area contributed by atoms with Crippen molar-refractivity contribution in [1.82, 2.24) is 19.2 Å². The van der Waals surface area contributed by atoms with Gasteiger partial charge in [0, 0.05) is 0 Å². The number of esters is 1. The summed E-state index contributed by atoms with van der Waals surface area (Å²) >= 11 is 1.41. The number of hydrogen-bond donors (Lipinski definition) is 0. The fourth-order valence-corrected chi connectivity index (χ4v) is 2.76. The maximum Gasteiger partial charge on any atom is 0.327 e. The molecule has 0 spiro atoms. The van der Waals surface area contributed by atoms with Crippen LogP contribution in [0, 0.1) is 0 Å². The molecule has 0 radical (unpaired) electrons. The van der Waals surface area contributed by atoms with Crippen molar-refractivity contribution in [3.05, 3.63) is 21.9 Å². The molecule has 0 saturated carbocycles. The Morgan fingerprint density at radius 3 is 3.00 bits per heavy atom. The molecule has 110 valence electrons. The molecule has 0 aliphatic heterocycles. The minimum absolute atomic E-state index is 0.190. The molecule has 0 atom stereocenters. The summed E-state index contributed by atoms with van der Waals surface area (Å²) in [4.78, 5) is 28.1. The third-order valence-corrected chi connectivity index (χ3v) is 3.68. The lowest BCUT2D eigenvalue weighted by Crippen LogP contribution is -2.29. The first-order valence-electron chi connectivity index (χ1n) is 6.21. The molecule has 3 aromatic rings. The third-order valence-electron chi connectivity index (χ3n) is 2.91. The fourth-order valence-electron chi connectivity index (χ4n) is 2.06. The Hall–Kier alpha value is -2.42. The first kappa shape index (κ1) is 13.6. The largest absolute Gasteiger partial charge is 0.467 e. The van der Waals surface area contributed by atoms with Gasteiger partial charge in [0.2, 0.25) is 0 Å². The fraction of sp³-hybridized carbons (Fsp3) is 0.333. The first-order chi connectivity index (χ1) is 10.2. The van der Waals surface area contributed by atoms with Crippen LogP contribution in [0.2, 0.25) is 0 Å². The first-order valence-corrected chi connectivity index (χ1v) is 7.09. The monoisotopic (exact) mass is 308 g/mol. The highest BCUT2D eigenvalue weighted by atomic mass is 32.1. The van der Waals surface area contributed by atoms with E-state index in [9.17, 15) is 9.59 Å². The van der Waals surface area contributed by atoms with Crippen molar-refractivity contribution >= 4 is 33.2 Å². The van der Waals surface area contributed by atoms with Gasteiger partial charge in [-0.15, -0.1) is 16.4 Å². The van der Waals surface area contributed by atoms with E-state index in [1.807, 2.05) is 0 Å². The van der Waals surface area contributed by atoms with Gasteiger partial charge in [-0.05, 0) is 13.0 Å². The van der Waals surface area contributed by atoms with Crippen LogP contribution in [0.3, 0.4) is 0 Å². The quantitative estimate of drug-likeness (QED) is 0.659. The highest BCUT2D eigenvalue weighted by molar-refractivity contribution is 7.16. The van der Waals surface area contributed by atoms with E-state index in [2.05, 4.69) is 10.1 Å². The number of aromatic nitrogens is 4. The van der Waals surface area contributed by atoms with Crippen LogP contribution < -0.4 is 10.3 Å². The van der Waals surface area contributed by atoms with Gasteiger partial charge in [-0.1, -0.05) is 0 Å². The van der Waals surface area contributed by atoms with Crippen LogP contribution >= 0.6 is 11.3 Å². The molecule has 3 heterocycles. The Morgan fingerprint density at radius 2 is 2.29 bits per heavy atom. The summed E-state index contributed by atoms with van der Waals surface area (Å²) in [6.07, 6.45) is 0. The second-order valence-electron chi connectivity index (χ2n) is 4.16. The van der Waals surface area contributed by atoms with Crippen LogP contribution in [0.5, 0.6) is 6.01 Å². The zero-order valence-corrected chi connectivity index (χ0v) is 12.2. The zero-order chi connectivity index (χ0) is 15.0. The number of carbonyl (C=O) groups is 1. The van der Waals surface area contributed by atoms with Crippen LogP contribution in [0.25, 0.3) is 15.9 Å². The summed E-state index contributed by atoms with van der Waals surface area (Å²) in [6.45, 7) is 1.69. The van der Waals surface area contributed by atoms with E-state index in [0.29, 0.717) is 11.2 Å². The molecule has 0 aromatic carbocycles. The van der Waals surface area contributed by atoms with Crippen molar-refractivity contribution in [1.29, 1.82) is 0 Å². The Labute approximate surface area is 122 Å². The average Bonchev–Trinajstić information content (AvgIpc) is 3.03. The highest BCUT2D eigenvalue weighted by Gasteiger charge is 2.17. The number of nitrogens with zero attached hydrogens (tertiary/aromatic N) is 4. The summed E-state index contributed by atoms with van der Waals surface area (Å²) in [6, 6.07) is 1.90. The maximum atomic E-state index is 12.4. The molecular weight excluding hydrogens is 296 g/mol. The van der Waals surface area contributed by atoms with Crippen LogP contribution in [0.15, 0.2) is 16.4 Å². The summed E-state index contributed by atoms with van der Waals surface area (Å²) in [5.41, 5.74) is 2.26. The molecule has 0 amide bonds. The summed E-state index contributed by atoms with van der Waals surface area (Å²) in [5, 5.41) is 4.05. The molecule has 3 aromatic heterocycles. The van der Waals surface area contributed by atoms with Gasteiger partial charge in [0.15, 0.2) is 5.65 Å². The van der Waals surface area contributed by atoms with Gasteiger partial charge in [0.25, 0.3) is 5.56 Å². The van der Waals surface area contributed by atoms with Crippen molar-refractivity contribution in [2.45, 2.75) is 13.5 Å². The van der Waals surface area contributed by atoms with E-state index in [4.69, 9.17) is 9.47 Å². The lowest BCUT2D eigenvalue weighted by Gasteiger charge is -2.08. The second-order valence-corrected chi connectivity index (χ2v) is 5.05. The van der Waals surface area contributed by atoms with Gasteiger partial charge < -0.3 is 9.47 Å². The van der Waals surface area contributed by atoms with Crippen LogP contribution in [-0.4, -0.2) is 38.9 Å². The molecule has 0 unspecified atom stereocenters. The standard InChI is InChI=1S/C12H12N4O4S/c1-3-20-9(17)5-15-11(18)7-4-8-10(13-6-21-8)16(7)12(14-15)19-2/h4,6H,3,5H2,1-2H3. The average molecular weight is 308 g/mol. The van der Waals surface area contributed by atoms with Crippen LogP contribution in [0.4, 0.5) is 0 Å². The molecule has 9 heteroatoms. The molecule has 0 N–H and O–H groups in total. The number of rotatable bonds is 4. The molecule has 21 heavy (non-hydrogen) atoms.